The van der Waals surface area contributed by atoms with Gasteiger partial charge in [-0.2, -0.15) is 0 Å². The number of nitrogens with two attached hydrogens (primary N) is 1. The largest absolute Gasteiger partial charge is 0.382 e. The number of nitrogens with zero attached hydrogens (tertiary/aromatic N) is 2. The molecule has 0 saturated carbocycles. The molecule has 14 heteroatoms. The molecule has 0 radical (unpaired) electrons. The lowest BCUT2D eigenvalue weighted by molar-refractivity contribution is 0.102. The summed E-state index contributed by atoms with van der Waals surface area (Å²) in [6, 6.07) is 8.76. The third kappa shape index (κ3) is 5.78. The van der Waals surface area contributed by atoms with Crippen molar-refractivity contribution in [3.63, 3.8) is 0 Å². The predicted molar refractivity (Wildman–Crippen MR) is 125 cm³/mol. The number of nitrogens with one attached hydrogen (secondary N) is 1. The van der Waals surface area contributed by atoms with Crippen LogP contribution in [0.25, 0.3) is 11.3 Å². The third-order valence-electron chi connectivity index (χ3n) is 4.58. The highest BCUT2D eigenvalue weighted by molar-refractivity contribution is 7.97. The van der Waals surface area contributed by atoms with Gasteiger partial charge in [0.1, 0.15) is 5.82 Å². The van der Waals surface area contributed by atoms with Gasteiger partial charge < -0.3 is 20.1 Å². The van der Waals surface area contributed by atoms with E-state index in [4.69, 9.17) is 17.3 Å². The molecule has 10 nitrogen and oxygen atoms in total. The summed E-state index contributed by atoms with van der Waals surface area (Å²) in [6.07, 6.45) is 1.26. The first-order valence-electron chi connectivity index (χ1n) is 9.40. The van der Waals surface area contributed by atoms with Crippen LogP contribution >= 0.6 is 19.2 Å². The van der Waals surface area contributed by atoms with Crippen LogP contribution in [0.5, 0.6) is 0 Å². The number of sulfone groups is 1. The Morgan fingerprint density at radius 2 is 1.82 bits per heavy atom. The van der Waals surface area contributed by atoms with E-state index in [0.29, 0.717) is 0 Å². The fraction of sp³-hybridized carbons (Fsp3) is 0.150. The summed E-state index contributed by atoms with van der Waals surface area (Å²) in [5.41, 5.74) is 5.28. The lowest BCUT2D eigenvalue weighted by atomic mass is 10.1. The summed E-state index contributed by atoms with van der Waals surface area (Å²) in [5.74, 6) is -1.47. The van der Waals surface area contributed by atoms with E-state index in [1.807, 2.05) is 0 Å². The average Bonchev–Trinajstić information content (AvgIpc) is 2.81. The Kier molecular flexibility index (Phi) is 7.69. The molecule has 2 aromatic carbocycles. The highest BCUT2D eigenvalue weighted by Crippen LogP contribution is 2.48. The van der Waals surface area contributed by atoms with Crippen LogP contribution in [0.1, 0.15) is 10.5 Å². The van der Waals surface area contributed by atoms with Gasteiger partial charge >= 0.3 is 7.60 Å². The van der Waals surface area contributed by atoms with E-state index in [1.165, 1.54) is 42.6 Å². The Hall–Kier alpha value is -2.89. The molecule has 1 heterocycles. The Morgan fingerprint density at radius 3 is 2.44 bits per heavy atom. The van der Waals surface area contributed by atoms with Gasteiger partial charge in [0.2, 0.25) is 0 Å². The second-order valence-corrected chi connectivity index (χ2v) is 11.9. The van der Waals surface area contributed by atoms with Gasteiger partial charge in [0, 0.05) is 25.5 Å². The van der Waals surface area contributed by atoms with Crippen LogP contribution in [0.2, 0.25) is 5.02 Å². The molecule has 0 aliphatic rings. The van der Waals surface area contributed by atoms with E-state index in [0.717, 1.165) is 20.3 Å². The minimum Gasteiger partial charge on any atom is -0.382 e. The highest BCUT2D eigenvalue weighted by Gasteiger charge is 2.31. The Morgan fingerprint density at radius 1 is 1.18 bits per heavy atom. The van der Waals surface area contributed by atoms with Gasteiger partial charge in [-0.3, -0.25) is 9.36 Å². The van der Waals surface area contributed by atoms with Crippen molar-refractivity contribution in [3.8, 4) is 11.3 Å². The molecule has 1 aromatic heterocycles. The molecule has 0 spiro atoms. The molecule has 0 aliphatic carbocycles. The molecule has 0 bridgehead atoms. The third-order valence-corrected chi connectivity index (χ3v) is 9.63. The number of hydrogen-bond acceptors (Lipinski definition) is 9. The zero-order valence-corrected chi connectivity index (χ0v) is 20.3. The maximum absolute atomic E-state index is 13.6. The van der Waals surface area contributed by atoms with E-state index in [-0.39, 0.29) is 38.4 Å². The Balaban J connectivity index is 1.83. The minimum atomic E-state index is -4.00. The SMILES string of the molecule is COP(=O)(CS(=O)(=O)c1ccc(NC(=O)c2nc(-c3cc(F)ccc3Cl)cnc2N)cc1)OC. The second-order valence-electron chi connectivity index (χ2n) is 6.81. The van der Waals surface area contributed by atoms with Crippen LogP contribution in [0.3, 0.4) is 0 Å². The van der Waals surface area contributed by atoms with Crippen LogP contribution in [0.4, 0.5) is 15.9 Å². The van der Waals surface area contributed by atoms with Crippen molar-refractivity contribution in [2.24, 2.45) is 0 Å². The number of carbonyl (C=O) groups is 1. The first-order chi connectivity index (χ1) is 16.0. The van der Waals surface area contributed by atoms with E-state index in [1.54, 1.807) is 0 Å². The molecule has 0 fully saturated rings. The normalized spacial score (nSPS) is 11.9. The molecule has 3 aromatic rings. The maximum atomic E-state index is 13.6. The van der Waals surface area contributed by atoms with Gasteiger partial charge in [0.25, 0.3) is 5.91 Å². The maximum Gasteiger partial charge on any atom is 0.345 e. The van der Waals surface area contributed by atoms with Crippen molar-refractivity contribution in [2.75, 3.05) is 30.8 Å². The number of rotatable bonds is 8. The zero-order chi connectivity index (χ0) is 25.1. The predicted octanol–water partition coefficient (Wildman–Crippen LogP) is 3.99. The molecule has 3 rings (SSSR count). The average molecular weight is 529 g/mol. The summed E-state index contributed by atoms with van der Waals surface area (Å²) < 4.78 is 60.2. The number of aromatic nitrogens is 2. The van der Waals surface area contributed by atoms with Crippen molar-refractivity contribution in [1.82, 2.24) is 9.97 Å². The topological polar surface area (TPSA) is 151 Å². The van der Waals surface area contributed by atoms with Crippen molar-refractivity contribution < 1.29 is 31.2 Å². The monoisotopic (exact) mass is 528 g/mol. The first kappa shape index (κ1) is 25.7. The van der Waals surface area contributed by atoms with Crippen LogP contribution in [0, 0.1) is 5.82 Å². The Labute approximate surface area is 199 Å². The lowest BCUT2D eigenvalue weighted by Gasteiger charge is -2.14. The summed E-state index contributed by atoms with van der Waals surface area (Å²) in [6.45, 7) is 0. The van der Waals surface area contributed by atoms with Crippen molar-refractivity contribution in [3.05, 3.63) is 65.2 Å². The molecule has 3 N–H and O–H groups in total. The molecule has 34 heavy (non-hydrogen) atoms. The van der Waals surface area contributed by atoms with Crippen LogP contribution in [-0.4, -0.2) is 44.0 Å². The molecule has 0 atom stereocenters. The molecular formula is C20H19ClFN4O6PS. The van der Waals surface area contributed by atoms with Gasteiger partial charge in [-0.1, -0.05) is 11.6 Å². The van der Waals surface area contributed by atoms with Crippen molar-refractivity contribution >= 4 is 46.4 Å². The van der Waals surface area contributed by atoms with Gasteiger partial charge in [0.15, 0.2) is 26.8 Å². The van der Waals surface area contributed by atoms with Crippen LogP contribution in [-0.2, 0) is 23.4 Å². The second kappa shape index (κ2) is 10.2. The number of benzene rings is 2. The molecule has 0 unspecified atom stereocenters. The van der Waals surface area contributed by atoms with Crippen molar-refractivity contribution in [2.45, 2.75) is 4.90 Å². The summed E-state index contributed by atoms with van der Waals surface area (Å²) in [7, 11) is -5.63. The number of halogens is 2. The van der Waals surface area contributed by atoms with Gasteiger partial charge in [-0.05, 0) is 42.5 Å². The van der Waals surface area contributed by atoms with Gasteiger partial charge in [-0.25, -0.2) is 22.8 Å². The quantitative estimate of drug-likeness (QED) is 0.413. The minimum absolute atomic E-state index is 0.131. The highest BCUT2D eigenvalue weighted by atomic mass is 35.5. The number of hydrogen-bond donors (Lipinski definition) is 2. The fourth-order valence-electron chi connectivity index (χ4n) is 2.79. The molecule has 0 aliphatic heterocycles. The fourth-order valence-corrected chi connectivity index (χ4v) is 6.81. The Bertz CT molecular complexity index is 1380. The standard InChI is InChI=1S/C20H19ClFN4O6PS/c1-31-33(28,32-2)11-34(29,30)14-6-4-13(5-7-14)25-20(27)18-19(23)24-10-17(26-18)15-9-12(22)3-8-16(15)21/h3-10H,11H2,1-2H3,(H2,23,24)(H,25,27). The van der Waals surface area contributed by atoms with E-state index in [9.17, 15) is 22.2 Å². The lowest BCUT2D eigenvalue weighted by Crippen LogP contribution is -2.17. The van der Waals surface area contributed by atoms with Crippen LogP contribution in [0.15, 0.2) is 53.6 Å². The molecule has 180 valence electrons. The van der Waals surface area contributed by atoms with Gasteiger partial charge in [0.05, 0.1) is 21.8 Å². The number of amides is 1. The van der Waals surface area contributed by atoms with E-state index in [2.05, 4.69) is 24.3 Å². The number of anilines is 2. The first-order valence-corrected chi connectivity index (χ1v) is 13.2. The molecule has 0 saturated heterocycles. The zero-order valence-electron chi connectivity index (χ0n) is 17.9. The molecule has 1 amide bonds. The summed E-state index contributed by atoms with van der Waals surface area (Å²) >= 11 is 6.09. The van der Waals surface area contributed by atoms with E-state index >= 15 is 0 Å². The number of nitrogen functional groups attached to an aromatic ring is 1. The number of carbonyl (C=O) groups excluding carboxylic acids is 1. The van der Waals surface area contributed by atoms with E-state index < -0.39 is 34.7 Å². The summed E-state index contributed by atoms with van der Waals surface area (Å²) in [5, 5.41) is 2.73. The van der Waals surface area contributed by atoms with Gasteiger partial charge in [-0.15, -0.1) is 0 Å². The van der Waals surface area contributed by atoms with Crippen LogP contribution < -0.4 is 11.1 Å². The smallest absolute Gasteiger partial charge is 0.345 e. The van der Waals surface area contributed by atoms with Crippen molar-refractivity contribution in [1.29, 1.82) is 0 Å². The molecular weight excluding hydrogens is 510 g/mol. The summed E-state index contributed by atoms with van der Waals surface area (Å²) in [4.78, 5) is 20.7.